The molecule has 1 atom stereocenters. The van der Waals surface area contributed by atoms with Crippen LogP contribution < -0.4 is 10.1 Å². The van der Waals surface area contributed by atoms with E-state index < -0.39 is 5.82 Å². The van der Waals surface area contributed by atoms with Crippen LogP contribution in [0.1, 0.15) is 30.0 Å². The molecule has 1 aliphatic rings. The monoisotopic (exact) mass is 333 g/mol. The van der Waals surface area contributed by atoms with Crippen molar-refractivity contribution in [1.82, 2.24) is 5.32 Å². The normalized spacial score (nSPS) is 16.5. The number of hydrogen-bond donors (Lipinski definition) is 1. The van der Waals surface area contributed by atoms with Gasteiger partial charge in [0.15, 0.2) is 6.61 Å². The number of nitrogens with one attached hydrogen (secondary N) is 1. The molecule has 0 heterocycles. The zero-order valence-corrected chi connectivity index (χ0v) is 13.3. The highest BCUT2D eigenvalue weighted by molar-refractivity contribution is 6.32. The summed E-state index contributed by atoms with van der Waals surface area (Å²) in [6, 6.07) is 12.0. The molecule has 0 radical (unpaired) electrons. The first-order valence-corrected chi connectivity index (χ1v) is 7.96. The quantitative estimate of drug-likeness (QED) is 0.916. The number of fused-ring (bicyclic) bond motifs is 1. The molecule has 3 nitrogen and oxygen atoms in total. The van der Waals surface area contributed by atoms with Gasteiger partial charge in [-0.05, 0) is 48.6 Å². The first-order valence-electron chi connectivity index (χ1n) is 7.58. The summed E-state index contributed by atoms with van der Waals surface area (Å²) in [4.78, 5) is 12.1. The van der Waals surface area contributed by atoms with Crippen LogP contribution in [0.4, 0.5) is 4.39 Å². The zero-order valence-electron chi connectivity index (χ0n) is 12.5. The number of ether oxygens (including phenoxy) is 1. The van der Waals surface area contributed by atoms with Crippen molar-refractivity contribution in [3.05, 3.63) is 64.4 Å². The average Bonchev–Trinajstić information content (AvgIpc) is 2.54. The fourth-order valence-electron chi connectivity index (χ4n) is 2.88. The third-order valence-electron chi connectivity index (χ3n) is 3.96. The summed E-state index contributed by atoms with van der Waals surface area (Å²) in [5.41, 5.74) is 2.46. The molecule has 0 bridgehead atoms. The summed E-state index contributed by atoms with van der Waals surface area (Å²) in [7, 11) is 0. The standard InChI is InChI=1S/C18H17ClFNO2/c19-15-10-13(20)8-9-17(15)23-11-18(22)21-16-7-3-5-12-4-1-2-6-14(12)16/h1-2,4,6,8-10,16H,3,5,7,11H2,(H,21,22)/t16-/m1/s1. The van der Waals surface area contributed by atoms with Crippen LogP contribution in [0.25, 0.3) is 0 Å². The number of hydrogen-bond acceptors (Lipinski definition) is 2. The van der Waals surface area contributed by atoms with Gasteiger partial charge in [0.2, 0.25) is 0 Å². The number of halogens is 2. The van der Waals surface area contributed by atoms with Crippen LogP contribution in [0, 0.1) is 5.82 Å². The molecule has 120 valence electrons. The predicted molar refractivity (Wildman–Crippen MR) is 87.2 cm³/mol. The second-order valence-corrected chi connectivity index (χ2v) is 5.98. The Labute approximate surface area is 139 Å². The van der Waals surface area contributed by atoms with Crippen LogP contribution in [-0.2, 0) is 11.2 Å². The smallest absolute Gasteiger partial charge is 0.258 e. The second-order valence-electron chi connectivity index (χ2n) is 5.57. The van der Waals surface area contributed by atoms with Gasteiger partial charge >= 0.3 is 0 Å². The molecule has 3 rings (SSSR count). The van der Waals surface area contributed by atoms with E-state index in [4.69, 9.17) is 16.3 Å². The third-order valence-corrected chi connectivity index (χ3v) is 4.25. The average molecular weight is 334 g/mol. The summed E-state index contributed by atoms with van der Waals surface area (Å²) in [6.07, 6.45) is 3.01. The third kappa shape index (κ3) is 3.82. The van der Waals surface area contributed by atoms with Crippen LogP contribution in [0.15, 0.2) is 42.5 Å². The molecular formula is C18H17ClFNO2. The maximum absolute atomic E-state index is 13.0. The minimum absolute atomic E-state index is 0.0136. The van der Waals surface area contributed by atoms with E-state index in [-0.39, 0.29) is 23.6 Å². The Kier molecular flexibility index (Phi) is 4.82. The van der Waals surface area contributed by atoms with Gasteiger partial charge in [0.1, 0.15) is 11.6 Å². The molecule has 23 heavy (non-hydrogen) atoms. The van der Waals surface area contributed by atoms with Crippen molar-refractivity contribution in [3.8, 4) is 5.75 Å². The maximum atomic E-state index is 13.0. The van der Waals surface area contributed by atoms with Crippen molar-refractivity contribution < 1.29 is 13.9 Å². The molecule has 2 aromatic carbocycles. The lowest BCUT2D eigenvalue weighted by Crippen LogP contribution is -2.34. The van der Waals surface area contributed by atoms with Gasteiger partial charge in [-0.15, -0.1) is 0 Å². The fraction of sp³-hybridized carbons (Fsp3) is 0.278. The highest BCUT2D eigenvalue weighted by Gasteiger charge is 2.21. The Hall–Kier alpha value is -2.07. The number of benzene rings is 2. The van der Waals surface area contributed by atoms with E-state index in [1.807, 2.05) is 12.1 Å². The van der Waals surface area contributed by atoms with E-state index in [9.17, 15) is 9.18 Å². The minimum Gasteiger partial charge on any atom is -0.482 e. The number of carbonyl (C=O) groups is 1. The summed E-state index contributed by atoms with van der Waals surface area (Å²) in [5.74, 6) is -0.357. The van der Waals surface area contributed by atoms with Crippen molar-refractivity contribution in [2.45, 2.75) is 25.3 Å². The van der Waals surface area contributed by atoms with Gasteiger partial charge in [0, 0.05) is 0 Å². The number of amides is 1. The van der Waals surface area contributed by atoms with E-state index in [0.29, 0.717) is 5.75 Å². The molecule has 0 unspecified atom stereocenters. The zero-order chi connectivity index (χ0) is 16.2. The number of rotatable bonds is 4. The molecule has 0 aliphatic heterocycles. The Morgan fingerprint density at radius 3 is 2.96 bits per heavy atom. The fourth-order valence-corrected chi connectivity index (χ4v) is 3.10. The molecule has 0 spiro atoms. The topological polar surface area (TPSA) is 38.3 Å². The van der Waals surface area contributed by atoms with Crippen molar-refractivity contribution in [2.75, 3.05) is 6.61 Å². The van der Waals surface area contributed by atoms with Gasteiger partial charge < -0.3 is 10.1 Å². The Balaban J connectivity index is 1.60. The van der Waals surface area contributed by atoms with Crippen LogP contribution in [0.3, 0.4) is 0 Å². The van der Waals surface area contributed by atoms with Crippen molar-refractivity contribution in [1.29, 1.82) is 0 Å². The SMILES string of the molecule is O=C(COc1ccc(F)cc1Cl)N[C@@H]1CCCc2ccccc21. The maximum Gasteiger partial charge on any atom is 0.258 e. The van der Waals surface area contributed by atoms with Crippen molar-refractivity contribution in [3.63, 3.8) is 0 Å². The van der Waals surface area contributed by atoms with Gasteiger partial charge in [-0.3, -0.25) is 4.79 Å². The van der Waals surface area contributed by atoms with E-state index in [1.165, 1.54) is 23.3 Å². The van der Waals surface area contributed by atoms with Crippen LogP contribution in [0.2, 0.25) is 5.02 Å². The summed E-state index contributed by atoms with van der Waals surface area (Å²) in [5, 5.41) is 3.15. The predicted octanol–water partition coefficient (Wildman–Crippen LogP) is 4.05. The number of aryl methyl sites for hydroxylation is 1. The summed E-state index contributed by atoms with van der Waals surface area (Å²) < 4.78 is 18.3. The van der Waals surface area contributed by atoms with E-state index in [2.05, 4.69) is 17.4 Å². The molecule has 1 N–H and O–H groups in total. The molecule has 0 saturated carbocycles. The van der Waals surface area contributed by atoms with E-state index in [0.717, 1.165) is 25.3 Å². The second kappa shape index (κ2) is 7.01. The lowest BCUT2D eigenvalue weighted by Gasteiger charge is -2.26. The Morgan fingerprint density at radius 2 is 2.13 bits per heavy atom. The highest BCUT2D eigenvalue weighted by atomic mass is 35.5. The lowest BCUT2D eigenvalue weighted by atomic mass is 9.88. The Morgan fingerprint density at radius 1 is 1.30 bits per heavy atom. The van der Waals surface area contributed by atoms with Crippen molar-refractivity contribution >= 4 is 17.5 Å². The molecule has 0 aromatic heterocycles. The molecule has 5 heteroatoms. The van der Waals surface area contributed by atoms with Crippen LogP contribution in [0.5, 0.6) is 5.75 Å². The van der Waals surface area contributed by atoms with Gasteiger partial charge in [-0.2, -0.15) is 0 Å². The van der Waals surface area contributed by atoms with Gasteiger partial charge in [-0.1, -0.05) is 35.9 Å². The van der Waals surface area contributed by atoms with Gasteiger partial charge in [-0.25, -0.2) is 4.39 Å². The lowest BCUT2D eigenvalue weighted by molar-refractivity contribution is -0.123. The van der Waals surface area contributed by atoms with E-state index >= 15 is 0 Å². The first-order chi connectivity index (χ1) is 11.1. The molecule has 1 amide bonds. The summed E-state index contributed by atoms with van der Waals surface area (Å²) in [6.45, 7) is -0.149. The van der Waals surface area contributed by atoms with E-state index in [1.54, 1.807) is 0 Å². The molecule has 0 saturated heterocycles. The molecular weight excluding hydrogens is 317 g/mol. The van der Waals surface area contributed by atoms with Crippen LogP contribution >= 0.6 is 11.6 Å². The molecule has 0 fully saturated rings. The van der Waals surface area contributed by atoms with Gasteiger partial charge in [0.05, 0.1) is 11.1 Å². The molecule has 1 aliphatic carbocycles. The number of carbonyl (C=O) groups excluding carboxylic acids is 1. The summed E-state index contributed by atoms with van der Waals surface area (Å²) >= 11 is 5.88. The van der Waals surface area contributed by atoms with Gasteiger partial charge in [0.25, 0.3) is 5.91 Å². The minimum atomic E-state index is -0.439. The largest absolute Gasteiger partial charge is 0.482 e. The first kappa shape index (κ1) is 15.8. The molecule has 2 aromatic rings. The highest BCUT2D eigenvalue weighted by Crippen LogP contribution is 2.29. The Bertz CT molecular complexity index is 720. The van der Waals surface area contributed by atoms with Crippen LogP contribution in [-0.4, -0.2) is 12.5 Å². The van der Waals surface area contributed by atoms with Crippen molar-refractivity contribution in [2.24, 2.45) is 0 Å².